The van der Waals surface area contributed by atoms with E-state index in [1.54, 1.807) is 0 Å². The summed E-state index contributed by atoms with van der Waals surface area (Å²) >= 11 is 0. The maximum atomic E-state index is 13.6. The maximum absolute atomic E-state index is 13.6. The minimum Gasteiger partial charge on any atom is -0.497 e. The average Bonchev–Trinajstić information content (AvgIpc) is 2.39. The number of methoxy groups -OCH3 is 2. The second-order valence-electron chi connectivity index (χ2n) is 3.11. The zero-order chi connectivity index (χ0) is 13.5. The number of carbonyl (C=O) groups excluding carboxylic acids is 1. The Kier molecular flexibility index (Phi) is 4.71. The van der Waals surface area contributed by atoms with Crippen molar-refractivity contribution < 1.29 is 18.7 Å². The average molecular weight is 252 g/mol. The quantitative estimate of drug-likeness (QED) is 0.384. The van der Waals surface area contributed by atoms with Crippen molar-refractivity contribution in [3.63, 3.8) is 0 Å². The Morgan fingerprint density at radius 3 is 2.72 bits per heavy atom. The molecule has 94 valence electrons. The largest absolute Gasteiger partial charge is 0.497 e. The van der Waals surface area contributed by atoms with Gasteiger partial charge < -0.3 is 9.47 Å². The van der Waals surface area contributed by atoms with E-state index < -0.39 is 11.8 Å². The van der Waals surface area contributed by atoms with Crippen LogP contribution in [0.5, 0.6) is 5.75 Å². The summed E-state index contributed by atoms with van der Waals surface area (Å²) in [6.45, 7) is 0. The minimum absolute atomic E-state index is 0.114. The molecule has 0 aromatic heterocycles. The maximum Gasteiger partial charge on any atom is 0.364 e. The van der Waals surface area contributed by atoms with Gasteiger partial charge in [-0.3, -0.25) is 0 Å². The molecule has 0 saturated carbocycles. The summed E-state index contributed by atoms with van der Waals surface area (Å²) in [5.74, 6) is -1.04. The molecule has 0 unspecified atom stereocenters. The van der Waals surface area contributed by atoms with Crippen LogP contribution >= 0.6 is 0 Å². The van der Waals surface area contributed by atoms with Gasteiger partial charge in [0.25, 0.3) is 0 Å². The standard InChI is InChI=1S/C11H11FN3O3/c1-17-8-4-3-7(9(12)6-8)5-10(14-15-13)11(16)18-2/h3-6,13H,1-2H3/q+1/b10-5-. The summed E-state index contributed by atoms with van der Waals surface area (Å²) in [6.07, 6.45) is 1.14. The van der Waals surface area contributed by atoms with Crippen molar-refractivity contribution >= 4 is 12.0 Å². The lowest BCUT2D eigenvalue weighted by Crippen LogP contribution is -2.03. The molecule has 0 heterocycles. The van der Waals surface area contributed by atoms with E-state index in [9.17, 15) is 9.18 Å². The number of nitrogens with one attached hydrogen (secondary N) is 1. The van der Waals surface area contributed by atoms with Gasteiger partial charge >= 0.3 is 5.97 Å². The number of hydrogen-bond donors (Lipinski definition) is 1. The lowest BCUT2D eigenvalue weighted by atomic mass is 10.1. The van der Waals surface area contributed by atoms with Gasteiger partial charge in [0.1, 0.15) is 17.1 Å². The Balaban J connectivity index is 3.19. The van der Waals surface area contributed by atoms with E-state index in [-0.39, 0.29) is 11.3 Å². The first-order valence-electron chi connectivity index (χ1n) is 4.83. The molecule has 0 radical (unpaired) electrons. The molecule has 0 spiro atoms. The molecular weight excluding hydrogens is 241 g/mol. The lowest BCUT2D eigenvalue weighted by Gasteiger charge is -2.01. The van der Waals surface area contributed by atoms with Crippen molar-refractivity contribution in [2.45, 2.75) is 0 Å². The molecule has 7 heteroatoms. The van der Waals surface area contributed by atoms with Crippen molar-refractivity contribution in [3.05, 3.63) is 35.3 Å². The molecule has 1 N–H and O–H groups in total. The van der Waals surface area contributed by atoms with E-state index >= 15 is 0 Å². The van der Waals surface area contributed by atoms with E-state index in [1.807, 2.05) is 0 Å². The number of halogens is 1. The predicted molar refractivity (Wildman–Crippen MR) is 60.2 cm³/mol. The van der Waals surface area contributed by atoms with E-state index in [4.69, 9.17) is 10.3 Å². The fraction of sp³-hybridized carbons (Fsp3) is 0.182. The van der Waals surface area contributed by atoms with E-state index in [0.29, 0.717) is 5.75 Å². The second kappa shape index (κ2) is 6.27. The van der Waals surface area contributed by atoms with Gasteiger partial charge in [0, 0.05) is 11.6 Å². The van der Waals surface area contributed by atoms with Crippen LogP contribution in [-0.2, 0) is 9.53 Å². The highest BCUT2D eigenvalue weighted by molar-refractivity contribution is 5.93. The first-order chi connectivity index (χ1) is 8.62. The molecule has 0 fully saturated rings. The minimum atomic E-state index is -0.804. The molecule has 6 nitrogen and oxygen atoms in total. The van der Waals surface area contributed by atoms with Gasteiger partial charge in [0.05, 0.1) is 14.2 Å². The molecule has 18 heavy (non-hydrogen) atoms. The van der Waals surface area contributed by atoms with E-state index in [1.165, 1.54) is 25.3 Å². The van der Waals surface area contributed by atoms with Crippen molar-refractivity contribution in [2.24, 2.45) is 5.11 Å². The number of nitrogens with zero attached hydrogens (tertiary/aromatic N) is 2. The molecule has 1 aromatic rings. The highest BCUT2D eigenvalue weighted by Gasteiger charge is 2.15. The number of carbonyl (C=O) groups is 1. The van der Waals surface area contributed by atoms with Gasteiger partial charge in [-0.1, -0.05) is 0 Å². The topological polar surface area (TPSA) is 85.8 Å². The van der Waals surface area contributed by atoms with Gasteiger partial charge in [-0.25, -0.2) is 9.18 Å². The van der Waals surface area contributed by atoms with Crippen LogP contribution in [0.1, 0.15) is 5.56 Å². The van der Waals surface area contributed by atoms with Crippen molar-refractivity contribution in [3.8, 4) is 5.75 Å². The molecule has 0 amide bonds. The summed E-state index contributed by atoms with van der Waals surface area (Å²) < 4.78 is 22.9. The zero-order valence-electron chi connectivity index (χ0n) is 9.81. The normalized spacial score (nSPS) is 10.5. The Morgan fingerprint density at radius 1 is 1.50 bits per heavy atom. The third-order valence-electron chi connectivity index (χ3n) is 2.05. The van der Waals surface area contributed by atoms with Crippen LogP contribution < -0.4 is 9.65 Å². The first-order valence-corrected chi connectivity index (χ1v) is 4.83. The van der Waals surface area contributed by atoms with Crippen LogP contribution in [0.2, 0.25) is 0 Å². The summed E-state index contributed by atoms with van der Waals surface area (Å²) in [7, 11) is 2.57. The highest BCUT2D eigenvalue weighted by Crippen LogP contribution is 2.19. The van der Waals surface area contributed by atoms with Gasteiger partial charge in [-0.2, -0.15) is 0 Å². The van der Waals surface area contributed by atoms with Crippen LogP contribution in [0.25, 0.3) is 6.08 Å². The monoisotopic (exact) mass is 252 g/mol. The van der Waals surface area contributed by atoms with Crippen LogP contribution in [0.4, 0.5) is 4.39 Å². The SMILES string of the molecule is COC(=O)/C(=C/c1ccc(OC)cc1F)N=[N+]=N. The Bertz CT molecular complexity index is 536. The number of esters is 1. The Labute approximate surface area is 102 Å². The zero-order valence-corrected chi connectivity index (χ0v) is 9.81. The number of ether oxygens (including phenoxy) is 2. The second-order valence-corrected chi connectivity index (χ2v) is 3.11. The van der Waals surface area contributed by atoms with Gasteiger partial charge in [0.2, 0.25) is 10.6 Å². The Morgan fingerprint density at radius 2 is 2.22 bits per heavy atom. The molecule has 0 bridgehead atoms. The molecule has 1 rings (SSSR count). The van der Waals surface area contributed by atoms with Crippen molar-refractivity contribution in [2.75, 3.05) is 14.2 Å². The van der Waals surface area contributed by atoms with E-state index in [0.717, 1.165) is 13.2 Å². The molecule has 0 atom stereocenters. The summed E-state index contributed by atoms with van der Waals surface area (Å²) in [5.41, 5.74) is 6.43. The van der Waals surface area contributed by atoms with Crippen molar-refractivity contribution in [1.82, 2.24) is 4.91 Å². The summed E-state index contributed by atoms with van der Waals surface area (Å²) in [4.78, 5) is 14.0. The third-order valence-corrected chi connectivity index (χ3v) is 2.05. The van der Waals surface area contributed by atoms with Crippen LogP contribution in [-0.4, -0.2) is 20.2 Å². The first kappa shape index (κ1) is 13.5. The highest BCUT2D eigenvalue weighted by atomic mass is 19.1. The molecule has 0 aliphatic rings. The predicted octanol–water partition coefficient (Wildman–Crippen LogP) is 1.90. The summed E-state index contributed by atoms with van der Waals surface area (Å²) in [5, 5.41) is 3.25. The fourth-order valence-corrected chi connectivity index (χ4v) is 1.19. The van der Waals surface area contributed by atoms with Crippen LogP contribution in [0, 0.1) is 11.3 Å². The smallest absolute Gasteiger partial charge is 0.364 e. The summed E-state index contributed by atoms with van der Waals surface area (Å²) in [6, 6.07) is 4.11. The van der Waals surface area contributed by atoms with Crippen LogP contribution in [0.3, 0.4) is 0 Å². The van der Waals surface area contributed by atoms with Crippen LogP contribution in [0.15, 0.2) is 29.0 Å². The van der Waals surface area contributed by atoms with Crippen molar-refractivity contribution in [1.29, 1.82) is 5.53 Å². The molecule has 0 aliphatic heterocycles. The number of rotatable bonds is 4. The van der Waals surface area contributed by atoms with Gasteiger partial charge in [-0.15, -0.1) is 0 Å². The molecule has 0 aliphatic carbocycles. The molecule has 1 aromatic carbocycles. The Hall–Kier alpha value is -2.53. The van der Waals surface area contributed by atoms with E-state index in [2.05, 4.69) is 14.8 Å². The molecular formula is C11H11FN3O3+. The third kappa shape index (κ3) is 3.23. The fourth-order valence-electron chi connectivity index (χ4n) is 1.19. The van der Waals surface area contributed by atoms with Gasteiger partial charge in [0.15, 0.2) is 5.11 Å². The molecule has 0 saturated heterocycles. The van der Waals surface area contributed by atoms with Gasteiger partial charge in [-0.05, 0) is 18.2 Å². The number of benzene rings is 1. The number of hydrogen-bond acceptors (Lipinski definition) is 5. The lowest BCUT2D eigenvalue weighted by molar-refractivity contribution is -0.136.